The van der Waals surface area contributed by atoms with E-state index in [0.29, 0.717) is 0 Å². The Morgan fingerprint density at radius 3 is 2.32 bits per heavy atom. The molecule has 0 heterocycles. The van der Waals surface area contributed by atoms with Gasteiger partial charge in [-0.15, -0.1) is 6.58 Å². The average molecular weight is 376 g/mol. The molecule has 0 aliphatic heterocycles. The molecule has 5 heteroatoms. The highest BCUT2D eigenvalue weighted by atomic mass is 79.9. The number of benzene rings is 2. The van der Waals surface area contributed by atoms with Crippen molar-refractivity contribution in [2.75, 3.05) is 6.54 Å². The molecule has 0 amide bonds. The second-order valence-corrected chi connectivity index (χ2v) is 7.16. The molecule has 2 aromatic carbocycles. The van der Waals surface area contributed by atoms with E-state index in [1.165, 1.54) is 6.08 Å². The highest BCUT2D eigenvalue weighted by molar-refractivity contribution is 9.10. The van der Waals surface area contributed by atoms with Crippen LogP contribution < -0.4 is 0 Å². The van der Waals surface area contributed by atoms with E-state index < -0.39 is 10.0 Å². The summed E-state index contributed by atoms with van der Waals surface area (Å²) in [5, 5.41) is 0. The molecule has 0 atom stereocenters. The van der Waals surface area contributed by atoms with Crippen molar-refractivity contribution in [2.24, 2.45) is 0 Å². The van der Waals surface area contributed by atoms with Crippen LogP contribution in [-0.2, 0) is 10.0 Å². The molecule has 0 N–H and O–H groups in total. The highest BCUT2D eigenvalue weighted by Crippen LogP contribution is 2.18. The van der Waals surface area contributed by atoms with Gasteiger partial charge in [-0.25, -0.2) is 12.7 Å². The van der Waals surface area contributed by atoms with Gasteiger partial charge in [0.1, 0.15) is 0 Å². The molecule has 0 aromatic heterocycles. The first-order chi connectivity index (χ1) is 10.5. The van der Waals surface area contributed by atoms with Crippen molar-refractivity contribution < 1.29 is 8.42 Å². The van der Waals surface area contributed by atoms with Crippen LogP contribution in [0.25, 0.3) is 0 Å². The van der Waals surface area contributed by atoms with Gasteiger partial charge >= 0.3 is 0 Å². The maximum Gasteiger partial charge on any atom is 0.271 e. The summed E-state index contributed by atoms with van der Waals surface area (Å²) in [4.78, 5) is 0.194. The zero-order valence-corrected chi connectivity index (χ0v) is 14.1. The third-order valence-electron chi connectivity index (χ3n) is 2.80. The Balaban J connectivity index is 2.37. The molecular formula is C17H14BrNO2S. The molecule has 2 aromatic rings. The van der Waals surface area contributed by atoms with E-state index in [1.54, 1.807) is 24.3 Å². The van der Waals surface area contributed by atoms with Gasteiger partial charge in [-0.3, -0.25) is 0 Å². The molecule has 0 spiro atoms. The van der Waals surface area contributed by atoms with Crippen molar-refractivity contribution in [3.05, 3.63) is 77.3 Å². The van der Waals surface area contributed by atoms with Crippen LogP contribution in [0.2, 0.25) is 0 Å². The number of nitrogens with zero attached hydrogens (tertiary/aromatic N) is 1. The smallest absolute Gasteiger partial charge is 0.220 e. The Morgan fingerprint density at radius 2 is 1.73 bits per heavy atom. The van der Waals surface area contributed by atoms with Gasteiger partial charge in [0.15, 0.2) is 0 Å². The molecule has 22 heavy (non-hydrogen) atoms. The minimum Gasteiger partial charge on any atom is -0.220 e. The SMILES string of the molecule is C=CCN(C#Cc1ccccc1)S(=O)(=O)c1ccc(Br)cc1. The molecule has 0 bridgehead atoms. The second-order valence-electron chi connectivity index (χ2n) is 4.38. The predicted octanol–water partition coefficient (Wildman–Crippen LogP) is 3.64. The standard InChI is InChI=1S/C17H14BrNO2S/c1-2-13-19(14-12-15-6-4-3-5-7-15)22(20,21)17-10-8-16(18)9-11-17/h2-11H,1,13H2. The third-order valence-corrected chi connectivity index (χ3v) is 5.01. The average Bonchev–Trinajstić information content (AvgIpc) is 2.52. The van der Waals surface area contributed by atoms with Crippen LogP contribution in [0, 0.1) is 12.0 Å². The van der Waals surface area contributed by atoms with Gasteiger partial charge in [0.2, 0.25) is 0 Å². The van der Waals surface area contributed by atoms with E-state index in [1.807, 2.05) is 30.3 Å². The summed E-state index contributed by atoms with van der Waals surface area (Å²) in [5.74, 6) is 2.86. The molecule has 0 saturated carbocycles. The number of hydrogen-bond donors (Lipinski definition) is 0. The van der Waals surface area contributed by atoms with Crippen LogP contribution in [0.15, 0.2) is 76.6 Å². The van der Waals surface area contributed by atoms with Gasteiger partial charge in [-0.1, -0.05) is 40.2 Å². The number of sulfonamides is 1. The van der Waals surface area contributed by atoms with E-state index in [4.69, 9.17) is 0 Å². The molecule has 0 saturated heterocycles. The largest absolute Gasteiger partial charge is 0.271 e. The summed E-state index contributed by atoms with van der Waals surface area (Å²) < 4.78 is 27.1. The summed E-state index contributed by atoms with van der Waals surface area (Å²) in [6.07, 6.45) is 1.51. The van der Waals surface area contributed by atoms with E-state index in [2.05, 4.69) is 34.5 Å². The minimum absolute atomic E-state index is 0.123. The normalized spacial score (nSPS) is 10.4. The number of halogens is 1. The van der Waals surface area contributed by atoms with E-state index in [9.17, 15) is 8.42 Å². The van der Waals surface area contributed by atoms with Crippen LogP contribution >= 0.6 is 15.9 Å². The van der Waals surface area contributed by atoms with Gasteiger partial charge in [-0.05, 0) is 42.3 Å². The lowest BCUT2D eigenvalue weighted by Gasteiger charge is -2.16. The van der Waals surface area contributed by atoms with Crippen LogP contribution in [-0.4, -0.2) is 19.3 Å². The quantitative estimate of drug-likeness (QED) is 0.464. The minimum atomic E-state index is -3.68. The van der Waals surface area contributed by atoms with Gasteiger partial charge < -0.3 is 0 Å². The summed E-state index contributed by atoms with van der Waals surface area (Å²) in [6, 6.07) is 18.4. The Bertz CT molecular complexity index is 803. The van der Waals surface area contributed by atoms with E-state index >= 15 is 0 Å². The van der Waals surface area contributed by atoms with Crippen molar-refractivity contribution in [1.29, 1.82) is 0 Å². The lowest BCUT2D eigenvalue weighted by molar-refractivity contribution is 0.533. The van der Waals surface area contributed by atoms with Crippen LogP contribution in [0.1, 0.15) is 5.56 Å². The number of hydrogen-bond acceptors (Lipinski definition) is 2. The summed E-state index contributed by atoms with van der Waals surface area (Å²) in [6.45, 7) is 3.72. The lowest BCUT2D eigenvalue weighted by atomic mass is 10.2. The fraction of sp³-hybridized carbons (Fsp3) is 0.0588. The molecule has 0 aliphatic rings. The van der Waals surface area contributed by atoms with Gasteiger partial charge in [0.05, 0.1) is 11.4 Å². The highest BCUT2D eigenvalue weighted by Gasteiger charge is 2.20. The first-order valence-corrected chi connectivity index (χ1v) is 8.73. The maximum atomic E-state index is 12.6. The fourth-order valence-corrected chi connectivity index (χ4v) is 3.17. The first kappa shape index (κ1) is 16.3. The van der Waals surface area contributed by atoms with Crippen molar-refractivity contribution in [2.45, 2.75) is 4.90 Å². The van der Waals surface area contributed by atoms with Crippen LogP contribution in [0.4, 0.5) is 0 Å². The predicted molar refractivity (Wildman–Crippen MR) is 91.6 cm³/mol. The Labute approximate surface area is 139 Å². The van der Waals surface area contributed by atoms with Crippen molar-refractivity contribution in [3.63, 3.8) is 0 Å². The number of rotatable bonds is 4. The Hall–Kier alpha value is -2.03. The molecule has 112 valence electrons. The topological polar surface area (TPSA) is 37.4 Å². The van der Waals surface area contributed by atoms with Crippen LogP contribution in [0.3, 0.4) is 0 Å². The second kappa shape index (κ2) is 7.30. The molecule has 0 fully saturated rings. The molecule has 0 unspecified atom stereocenters. The van der Waals surface area contributed by atoms with Crippen molar-refractivity contribution in [1.82, 2.24) is 4.31 Å². The van der Waals surface area contributed by atoms with Gasteiger partial charge in [-0.2, -0.15) is 0 Å². The van der Waals surface area contributed by atoms with Gasteiger partial charge in [0.25, 0.3) is 10.0 Å². The van der Waals surface area contributed by atoms with Crippen molar-refractivity contribution >= 4 is 26.0 Å². The zero-order valence-electron chi connectivity index (χ0n) is 11.7. The molecular weight excluding hydrogens is 362 g/mol. The fourth-order valence-electron chi connectivity index (χ4n) is 1.70. The zero-order chi connectivity index (χ0) is 16.0. The Morgan fingerprint density at radius 1 is 1.09 bits per heavy atom. The first-order valence-electron chi connectivity index (χ1n) is 6.50. The monoisotopic (exact) mass is 375 g/mol. The van der Waals surface area contributed by atoms with Crippen molar-refractivity contribution in [3.8, 4) is 12.0 Å². The van der Waals surface area contributed by atoms with E-state index in [0.717, 1.165) is 14.3 Å². The summed E-state index contributed by atoms with van der Waals surface area (Å²) in [7, 11) is -3.68. The molecule has 0 radical (unpaired) electrons. The lowest BCUT2D eigenvalue weighted by Crippen LogP contribution is -2.26. The van der Waals surface area contributed by atoms with E-state index in [-0.39, 0.29) is 11.4 Å². The molecule has 0 aliphatic carbocycles. The summed E-state index contributed by atoms with van der Waals surface area (Å²) >= 11 is 3.29. The van der Waals surface area contributed by atoms with Crippen LogP contribution in [0.5, 0.6) is 0 Å². The van der Waals surface area contributed by atoms with Gasteiger partial charge in [0, 0.05) is 16.1 Å². The third kappa shape index (κ3) is 4.00. The molecule has 3 nitrogen and oxygen atoms in total. The molecule has 2 rings (SSSR count). The maximum absolute atomic E-state index is 12.6. The Kier molecular flexibility index (Phi) is 5.42. The summed E-state index contributed by atoms with van der Waals surface area (Å²) in [5.41, 5.74) is 0.752.